The van der Waals surface area contributed by atoms with Gasteiger partial charge in [-0.2, -0.15) is 0 Å². The fourth-order valence-corrected chi connectivity index (χ4v) is 2.81. The van der Waals surface area contributed by atoms with Crippen LogP contribution < -0.4 is 0 Å². The first-order valence-corrected chi connectivity index (χ1v) is 7.83. The van der Waals surface area contributed by atoms with Crippen LogP contribution in [0.25, 0.3) is 0 Å². The molecule has 2 fully saturated rings. The molecule has 140 valence electrons. The number of carboxylic acid groups (broad SMARTS) is 1. The molecule has 0 saturated carbocycles. The smallest absolute Gasteiger partial charge is 0.335 e. The molecule has 0 radical (unpaired) electrons. The van der Waals surface area contributed by atoms with E-state index in [1.807, 2.05) is 0 Å². The molecule has 8 atom stereocenters. The van der Waals surface area contributed by atoms with Crippen LogP contribution in [0.1, 0.15) is 19.8 Å². The molecule has 0 aromatic heterocycles. The largest absolute Gasteiger partial charge is 0.479 e. The predicted molar refractivity (Wildman–Crippen MR) is 75.8 cm³/mol. The maximum atomic E-state index is 11.4. The summed E-state index contributed by atoms with van der Waals surface area (Å²) in [6.45, 7) is 1.46. The molecule has 5 unspecified atom stereocenters. The Morgan fingerprint density at radius 1 is 1.12 bits per heavy atom. The van der Waals surface area contributed by atoms with Gasteiger partial charge in [0.2, 0.25) is 0 Å². The molecular formula is C14H24O10. The van der Waals surface area contributed by atoms with Crippen LogP contribution in [0, 0.1) is 0 Å². The first kappa shape index (κ1) is 19.5. The number of carboxylic acids is 1. The molecule has 0 amide bonds. The van der Waals surface area contributed by atoms with Crippen LogP contribution in [0.5, 0.6) is 0 Å². The zero-order chi connectivity index (χ0) is 17.9. The Morgan fingerprint density at radius 2 is 1.79 bits per heavy atom. The molecule has 0 bridgehead atoms. The van der Waals surface area contributed by atoms with Gasteiger partial charge in [-0.1, -0.05) is 0 Å². The second kappa shape index (κ2) is 8.50. The van der Waals surface area contributed by atoms with Gasteiger partial charge in [-0.15, -0.1) is 0 Å². The van der Waals surface area contributed by atoms with Gasteiger partial charge in [-0.25, -0.2) is 4.79 Å². The molecule has 2 aliphatic rings. The fraction of sp³-hybridized carbons (Fsp3) is 0.929. The first-order chi connectivity index (χ1) is 11.4. The number of ether oxygens (including phenoxy) is 4. The van der Waals surface area contributed by atoms with E-state index in [1.54, 1.807) is 6.92 Å². The summed E-state index contributed by atoms with van der Waals surface area (Å²) in [5, 5.41) is 48.1. The predicted octanol–water partition coefficient (Wildman–Crippen LogP) is -2.20. The normalized spacial score (nSPS) is 43.5. The van der Waals surface area contributed by atoms with E-state index in [9.17, 15) is 25.2 Å². The number of rotatable bonds is 6. The Labute approximate surface area is 138 Å². The molecule has 0 aliphatic carbocycles. The van der Waals surface area contributed by atoms with Crippen LogP contribution in [0.4, 0.5) is 0 Å². The lowest BCUT2D eigenvalue weighted by Gasteiger charge is -2.42. The van der Waals surface area contributed by atoms with Crippen molar-refractivity contribution in [1.82, 2.24) is 0 Å². The molecule has 2 rings (SSSR count). The van der Waals surface area contributed by atoms with Crippen molar-refractivity contribution in [3.05, 3.63) is 0 Å². The summed E-state index contributed by atoms with van der Waals surface area (Å²) in [5.41, 5.74) is 0. The van der Waals surface area contributed by atoms with Crippen molar-refractivity contribution in [1.29, 1.82) is 0 Å². The highest BCUT2D eigenvalue weighted by Gasteiger charge is 2.46. The third-order valence-corrected chi connectivity index (χ3v) is 4.03. The topological polar surface area (TPSA) is 155 Å². The highest BCUT2D eigenvalue weighted by Crippen LogP contribution is 2.29. The van der Waals surface area contributed by atoms with E-state index in [0.29, 0.717) is 6.61 Å². The summed E-state index contributed by atoms with van der Waals surface area (Å²) >= 11 is 0. The number of carbonyl (C=O) groups is 1. The number of aliphatic hydroxyl groups excluding tert-OH is 4. The molecule has 2 aliphatic heterocycles. The SMILES string of the molecule is CCOC1CC(O)[C@H](O[C@@H]2CC(O)[C@H](O)C(CO)O2)C(C(=O)O)O1. The van der Waals surface area contributed by atoms with E-state index < -0.39 is 61.8 Å². The molecule has 0 aromatic carbocycles. The van der Waals surface area contributed by atoms with E-state index in [4.69, 9.17) is 24.1 Å². The zero-order valence-corrected chi connectivity index (χ0v) is 13.2. The minimum absolute atomic E-state index is 0.0175. The van der Waals surface area contributed by atoms with Gasteiger partial charge in [-0.3, -0.25) is 0 Å². The summed E-state index contributed by atoms with van der Waals surface area (Å²) in [5.74, 6) is -1.33. The van der Waals surface area contributed by atoms with Gasteiger partial charge in [0.15, 0.2) is 18.7 Å². The van der Waals surface area contributed by atoms with Gasteiger partial charge < -0.3 is 44.5 Å². The second-order valence-electron chi connectivity index (χ2n) is 5.76. The number of aliphatic carboxylic acids is 1. The van der Waals surface area contributed by atoms with Gasteiger partial charge in [0.1, 0.15) is 18.3 Å². The Morgan fingerprint density at radius 3 is 2.38 bits per heavy atom. The van der Waals surface area contributed by atoms with Crippen molar-refractivity contribution >= 4 is 5.97 Å². The highest BCUT2D eigenvalue weighted by atomic mass is 16.7. The van der Waals surface area contributed by atoms with Gasteiger partial charge in [-0.05, 0) is 6.92 Å². The molecular weight excluding hydrogens is 328 g/mol. The quantitative estimate of drug-likeness (QED) is 0.355. The molecule has 24 heavy (non-hydrogen) atoms. The molecule has 2 saturated heterocycles. The van der Waals surface area contributed by atoms with Crippen molar-refractivity contribution in [2.45, 2.75) is 69.0 Å². The maximum Gasteiger partial charge on any atom is 0.335 e. The Balaban J connectivity index is 2.04. The molecule has 2 heterocycles. The number of aliphatic hydroxyl groups is 4. The number of hydrogen-bond acceptors (Lipinski definition) is 9. The zero-order valence-electron chi connectivity index (χ0n) is 13.2. The summed E-state index contributed by atoms with van der Waals surface area (Å²) in [6.07, 6.45) is -9.55. The average Bonchev–Trinajstić information content (AvgIpc) is 2.52. The van der Waals surface area contributed by atoms with Crippen LogP contribution in [-0.2, 0) is 23.7 Å². The molecule has 0 spiro atoms. The van der Waals surface area contributed by atoms with Crippen LogP contribution >= 0.6 is 0 Å². The molecule has 10 heteroatoms. The molecule has 5 N–H and O–H groups in total. The lowest BCUT2D eigenvalue weighted by molar-refractivity contribution is -0.315. The van der Waals surface area contributed by atoms with E-state index >= 15 is 0 Å². The van der Waals surface area contributed by atoms with Crippen LogP contribution in [0.2, 0.25) is 0 Å². The first-order valence-electron chi connectivity index (χ1n) is 7.83. The summed E-state index contributed by atoms with van der Waals surface area (Å²) in [4.78, 5) is 11.4. The Hall–Kier alpha value is -0.850. The van der Waals surface area contributed by atoms with Crippen LogP contribution in [-0.4, -0.2) is 93.9 Å². The minimum Gasteiger partial charge on any atom is -0.479 e. The fourth-order valence-electron chi connectivity index (χ4n) is 2.81. The summed E-state index contributed by atoms with van der Waals surface area (Å²) in [7, 11) is 0. The Kier molecular flexibility index (Phi) is 6.89. The van der Waals surface area contributed by atoms with Crippen LogP contribution in [0.15, 0.2) is 0 Å². The summed E-state index contributed by atoms with van der Waals surface area (Å²) < 4.78 is 21.3. The third kappa shape index (κ3) is 4.41. The van der Waals surface area contributed by atoms with Gasteiger partial charge >= 0.3 is 5.97 Å². The lowest BCUT2D eigenvalue weighted by Crippen LogP contribution is -2.57. The van der Waals surface area contributed by atoms with Gasteiger partial charge in [0.25, 0.3) is 0 Å². The van der Waals surface area contributed by atoms with Crippen molar-refractivity contribution < 1.29 is 49.3 Å². The van der Waals surface area contributed by atoms with Crippen LogP contribution in [0.3, 0.4) is 0 Å². The summed E-state index contributed by atoms with van der Waals surface area (Å²) in [6, 6.07) is 0. The van der Waals surface area contributed by atoms with Crippen molar-refractivity contribution in [2.75, 3.05) is 13.2 Å². The maximum absolute atomic E-state index is 11.4. The van der Waals surface area contributed by atoms with Gasteiger partial charge in [0, 0.05) is 19.4 Å². The highest BCUT2D eigenvalue weighted by molar-refractivity contribution is 5.73. The van der Waals surface area contributed by atoms with Crippen molar-refractivity contribution in [3.8, 4) is 0 Å². The average molecular weight is 352 g/mol. The standard InChI is InChI=1S/C14H24O10/c1-2-21-9-4-7(17)12(13(23-9)14(19)20)24-10-3-6(16)11(18)8(5-15)22-10/h6-13,15-18H,2-5H2,1H3,(H,19,20)/t6?,7?,8?,9?,10-,11+,12+,13?/m1/s1. The molecule has 0 aromatic rings. The third-order valence-electron chi connectivity index (χ3n) is 4.03. The second-order valence-corrected chi connectivity index (χ2v) is 5.76. The minimum atomic E-state index is -1.48. The Bertz CT molecular complexity index is 418. The lowest BCUT2D eigenvalue weighted by atomic mass is 9.99. The monoisotopic (exact) mass is 352 g/mol. The van der Waals surface area contributed by atoms with E-state index in [1.165, 1.54) is 0 Å². The van der Waals surface area contributed by atoms with E-state index in [-0.39, 0.29) is 12.8 Å². The van der Waals surface area contributed by atoms with E-state index in [2.05, 4.69) is 0 Å². The van der Waals surface area contributed by atoms with E-state index in [0.717, 1.165) is 0 Å². The number of hydrogen-bond donors (Lipinski definition) is 5. The molecule has 10 nitrogen and oxygen atoms in total. The van der Waals surface area contributed by atoms with Crippen molar-refractivity contribution in [3.63, 3.8) is 0 Å². The van der Waals surface area contributed by atoms with Gasteiger partial charge in [0.05, 0.1) is 18.8 Å². The van der Waals surface area contributed by atoms with Crippen molar-refractivity contribution in [2.24, 2.45) is 0 Å².